The molecule has 0 saturated heterocycles. The van der Waals surface area contributed by atoms with Crippen molar-refractivity contribution in [1.29, 1.82) is 0 Å². The van der Waals surface area contributed by atoms with Crippen molar-refractivity contribution >= 4 is 26.1 Å². The number of hydrogen-bond donors (Lipinski definition) is 0. The number of benzene rings is 5. The molecule has 0 heterocycles. The molecule has 0 fully saturated rings. The summed E-state index contributed by atoms with van der Waals surface area (Å²) in [6.45, 7) is 3.75. The van der Waals surface area contributed by atoms with E-state index >= 15 is 0 Å². The molecule has 0 radical (unpaired) electrons. The summed E-state index contributed by atoms with van der Waals surface area (Å²) < 4.78 is 59.2. The fourth-order valence-electron chi connectivity index (χ4n) is 4.91. The van der Waals surface area contributed by atoms with Crippen molar-refractivity contribution in [3.63, 3.8) is 0 Å². The highest BCUT2D eigenvalue weighted by atomic mass is 32.2. The molecule has 5 aromatic carbocycles. The first-order valence-electron chi connectivity index (χ1n) is 15.1. The third-order valence-electron chi connectivity index (χ3n) is 7.53. The predicted octanol–water partition coefficient (Wildman–Crippen LogP) is 7.60. The Balaban J connectivity index is 1.65. The number of rotatable bonds is 11. The normalized spacial score (nSPS) is 12.4. The quantitative estimate of drug-likeness (QED) is 0.108. The Kier molecular flexibility index (Phi) is 10.7. The maximum Gasteiger partial charge on any atom is 0.271 e. The van der Waals surface area contributed by atoms with Gasteiger partial charge in [-0.05, 0) is 54.8 Å². The molecule has 0 aliphatic rings. The standard InChI is InChI=1S/C39H36N2O4S2/c1-32-20-24-37(25-21-32)46(42,43)40(31-35-15-8-4-9-16-35)30-28-39(36-18-10-5-11-19-36)41(29-12-17-34-13-6-3-7-14-34)47(44,45)38-26-22-33(2)23-27-38/h3-27,39H,29,31H2,1-2H3/b17-12+. The van der Waals surface area contributed by atoms with Crippen LogP contribution in [0, 0.1) is 25.8 Å². The SMILES string of the molecule is Cc1ccc(S(=O)(=O)N(C#CC(c2ccccc2)N(C/C=C/c2ccccc2)S(=O)(=O)c2ccc(C)cc2)Cc2ccccc2)cc1. The monoisotopic (exact) mass is 660 g/mol. The Bertz CT molecular complexity index is 2070. The summed E-state index contributed by atoms with van der Waals surface area (Å²) >= 11 is 0. The topological polar surface area (TPSA) is 74.8 Å². The number of hydrogen-bond acceptors (Lipinski definition) is 4. The molecular formula is C39H36N2O4S2. The molecule has 0 aromatic heterocycles. The lowest BCUT2D eigenvalue weighted by Crippen LogP contribution is -2.35. The lowest BCUT2D eigenvalue weighted by atomic mass is 10.1. The van der Waals surface area contributed by atoms with Gasteiger partial charge in [-0.3, -0.25) is 0 Å². The zero-order chi connectivity index (χ0) is 33.3. The summed E-state index contributed by atoms with van der Waals surface area (Å²) in [6, 6.07) is 43.0. The van der Waals surface area contributed by atoms with Gasteiger partial charge >= 0.3 is 0 Å². The summed E-state index contributed by atoms with van der Waals surface area (Å²) in [7, 11) is -8.19. The minimum absolute atomic E-state index is 0.0112. The Hall–Kier alpha value is -4.94. The lowest BCUT2D eigenvalue weighted by molar-refractivity contribution is 0.405. The predicted molar refractivity (Wildman–Crippen MR) is 188 cm³/mol. The molecule has 8 heteroatoms. The molecule has 5 aromatic rings. The summed E-state index contributed by atoms with van der Waals surface area (Å²) in [5.41, 5.74) is 4.12. The first kappa shape index (κ1) is 33.4. The van der Waals surface area contributed by atoms with Gasteiger partial charge < -0.3 is 0 Å². The van der Waals surface area contributed by atoms with Crippen LogP contribution >= 0.6 is 0 Å². The van der Waals surface area contributed by atoms with Crippen LogP contribution in [0.2, 0.25) is 0 Å². The van der Waals surface area contributed by atoms with Crippen molar-refractivity contribution in [3.05, 3.63) is 173 Å². The number of aryl methyl sites for hydroxylation is 2. The van der Waals surface area contributed by atoms with Crippen molar-refractivity contribution in [3.8, 4) is 12.0 Å². The second kappa shape index (κ2) is 15.1. The minimum Gasteiger partial charge on any atom is -0.220 e. The Morgan fingerprint density at radius 2 is 1.11 bits per heavy atom. The van der Waals surface area contributed by atoms with Gasteiger partial charge in [0.2, 0.25) is 10.0 Å². The van der Waals surface area contributed by atoms with E-state index in [2.05, 4.69) is 12.0 Å². The van der Waals surface area contributed by atoms with E-state index in [0.717, 1.165) is 26.6 Å². The van der Waals surface area contributed by atoms with Gasteiger partial charge in [0.25, 0.3) is 10.0 Å². The largest absolute Gasteiger partial charge is 0.271 e. The maximum absolute atomic E-state index is 14.4. The van der Waals surface area contributed by atoms with E-state index in [1.54, 1.807) is 66.7 Å². The summed E-state index contributed by atoms with van der Waals surface area (Å²) in [5.74, 6) is 3.09. The maximum atomic E-state index is 14.4. The van der Waals surface area contributed by atoms with E-state index in [4.69, 9.17) is 0 Å². The van der Waals surface area contributed by atoms with Crippen molar-refractivity contribution in [2.45, 2.75) is 36.2 Å². The van der Waals surface area contributed by atoms with Gasteiger partial charge in [-0.25, -0.2) is 21.1 Å². The first-order valence-corrected chi connectivity index (χ1v) is 18.0. The van der Waals surface area contributed by atoms with Crippen LogP contribution < -0.4 is 0 Å². The zero-order valence-corrected chi connectivity index (χ0v) is 27.9. The van der Waals surface area contributed by atoms with Gasteiger partial charge in [0.15, 0.2) is 0 Å². The molecule has 1 atom stereocenters. The molecule has 47 heavy (non-hydrogen) atoms. The van der Waals surface area contributed by atoms with Crippen LogP contribution in [0.5, 0.6) is 0 Å². The Morgan fingerprint density at radius 1 is 0.617 bits per heavy atom. The van der Waals surface area contributed by atoms with Crippen molar-refractivity contribution < 1.29 is 16.8 Å². The number of sulfonamides is 2. The molecule has 0 spiro atoms. The third kappa shape index (κ3) is 8.46. The van der Waals surface area contributed by atoms with Crippen LogP contribution in [0.15, 0.2) is 155 Å². The van der Waals surface area contributed by atoms with Gasteiger partial charge in [-0.15, -0.1) is 0 Å². The van der Waals surface area contributed by atoms with Crippen LogP contribution in [0.25, 0.3) is 6.08 Å². The molecule has 0 aliphatic carbocycles. The molecule has 0 bridgehead atoms. The van der Waals surface area contributed by atoms with Crippen molar-refractivity contribution in [2.75, 3.05) is 6.54 Å². The fraction of sp³-hybridized carbons (Fsp3) is 0.128. The third-order valence-corrected chi connectivity index (χ3v) is 11.0. The smallest absolute Gasteiger partial charge is 0.220 e. The molecule has 1 unspecified atom stereocenters. The fourth-order valence-corrected chi connectivity index (χ4v) is 7.62. The summed E-state index contributed by atoms with van der Waals surface area (Å²) in [6.07, 6.45) is 3.64. The van der Waals surface area contributed by atoms with E-state index in [1.165, 1.54) is 4.31 Å². The lowest BCUT2D eigenvalue weighted by Gasteiger charge is -2.27. The van der Waals surface area contributed by atoms with E-state index < -0.39 is 26.1 Å². The van der Waals surface area contributed by atoms with Crippen LogP contribution in [-0.2, 0) is 26.6 Å². The van der Waals surface area contributed by atoms with E-state index in [1.807, 2.05) is 98.8 Å². The summed E-state index contributed by atoms with van der Waals surface area (Å²) in [4.78, 5) is 0.215. The van der Waals surface area contributed by atoms with E-state index in [0.29, 0.717) is 5.56 Å². The molecule has 0 aliphatic heterocycles. The molecule has 0 N–H and O–H groups in total. The average Bonchev–Trinajstić information content (AvgIpc) is 3.08. The Labute approximate surface area is 278 Å². The van der Waals surface area contributed by atoms with Gasteiger partial charge in [0.05, 0.1) is 16.3 Å². The Morgan fingerprint density at radius 3 is 1.66 bits per heavy atom. The first-order chi connectivity index (χ1) is 22.6. The van der Waals surface area contributed by atoms with Gasteiger partial charge in [-0.1, -0.05) is 144 Å². The molecule has 0 saturated carbocycles. The molecule has 6 nitrogen and oxygen atoms in total. The van der Waals surface area contributed by atoms with Crippen LogP contribution in [0.1, 0.15) is 33.9 Å². The van der Waals surface area contributed by atoms with Crippen LogP contribution in [-0.4, -0.2) is 32.0 Å². The highest BCUT2D eigenvalue weighted by Crippen LogP contribution is 2.29. The van der Waals surface area contributed by atoms with E-state index in [9.17, 15) is 16.8 Å². The molecule has 5 rings (SSSR count). The van der Waals surface area contributed by atoms with Crippen molar-refractivity contribution in [1.82, 2.24) is 8.61 Å². The van der Waals surface area contributed by atoms with Crippen LogP contribution in [0.4, 0.5) is 0 Å². The highest BCUT2D eigenvalue weighted by molar-refractivity contribution is 7.89. The second-order valence-corrected chi connectivity index (χ2v) is 14.8. The van der Waals surface area contributed by atoms with Gasteiger partial charge in [-0.2, -0.15) is 4.31 Å². The minimum atomic E-state index is -4.11. The molecule has 0 amide bonds. The van der Waals surface area contributed by atoms with Crippen LogP contribution in [0.3, 0.4) is 0 Å². The van der Waals surface area contributed by atoms with Gasteiger partial charge in [0, 0.05) is 12.6 Å². The summed E-state index contributed by atoms with van der Waals surface area (Å²) in [5, 5.41) is 0. The highest BCUT2D eigenvalue weighted by Gasteiger charge is 2.32. The second-order valence-electron chi connectivity index (χ2n) is 11.1. The van der Waals surface area contributed by atoms with Crippen molar-refractivity contribution in [2.24, 2.45) is 0 Å². The molecule has 238 valence electrons. The van der Waals surface area contributed by atoms with Gasteiger partial charge in [0.1, 0.15) is 6.04 Å². The average molecular weight is 661 g/mol. The zero-order valence-electron chi connectivity index (χ0n) is 26.3. The number of nitrogens with zero attached hydrogens (tertiary/aromatic N) is 2. The van der Waals surface area contributed by atoms with E-state index in [-0.39, 0.29) is 22.9 Å². The molecular weight excluding hydrogens is 625 g/mol.